The van der Waals surface area contributed by atoms with Gasteiger partial charge in [-0.1, -0.05) is 12.1 Å². The van der Waals surface area contributed by atoms with E-state index in [-0.39, 0.29) is 18.5 Å². The largest absolute Gasteiger partial charge is 0.481 e. The van der Waals surface area contributed by atoms with Crippen LogP contribution in [0.15, 0.2) is 30.3 Å². The van der Waals surface area contributed by atoms with Gasteiger partial charge in [0.05, 0.1) is 12.1 Å². The molecule has 0 saturated carbocycles. The van der Waals surface area contributed by atoms with Crippen molar-refractivity contribution >= 4 is 17.6 Å². The van der Waals surface area contributed by atoms with Crippen LogP contribution in [0.3, 0.4) is 0 Å². The molecule has 0 unspecified atom stereocenters. The summed E-state index contributed by atoms with van der Waals surface area (Å²) in [6.07, 6.45) is -4.96. The third-order valence-corrected chi connectivity index (χ3v) is 3.20. The Balaban J connectivity index is 2.11. The molecule has 0 bridgehead atoms. The molecule has 24 heavy (non-hydrogen) atoms. The number of aromatic nitrogens is 2. The van der Waals surface area contributed by atoms with Crippen LogP contribution in [0.1, 0.15) is 18.5 Å². The number of nitrogens with one attached hydrogen (secondary N) is 1. The number of carboxylic acid groups (broad SMARTS) is 1. The lowest BCUT2D eigenvalue weighted by Crippen LogP contribution is -2.13. The van der Waals surface area contributed by atoms with Gasteiger partial charge in [-0.25, -0.2) is 0 Å². The third kappa shape index (κ3) is 4.34. The van der Waals surface area contributed by atoms with Crippen molar-refractivity contribution in [2.75, 3.05) is 5.32 Å². The number of hydrogen-bond donors (Lipinski definition) is 2. The predicted molar refractivity (Wildman–Crippen MR) is 79.1 cm³/mol. The summed E-state index contributed by atoms with van der Waals surface area (Å²) in [6.45, 7) is 0. The standard InChI is InChI=1S/C15H14F3N3O3/c1-21-11(8-12(20-21)15(16,17)18)9-2-4-10(5-3-9)19-13(22)6-7-14(23)24/h2-5,8H,6-7H2,1H3,(H,19,22)(H,23,24). The van der Waals surface area contributed by atoms with Crippen molar-refractivity contribution in [1.29, 1.82) is 0 Å². The molecule has 0 aliphatic rings. The fourth-order valence-corrected chi connectivity index (χ4v) is 2.04. The molecule has 0 atom stereocenters. The van der Waals surface area contributed by atoms with Crippen molar-refractivity contribution < 1.29 is 27.9 Å². The number of hydrogen-bond acceptors (Lipinski definition) is 3. The highest BCUT2D eigenvalue weighted by Crippen LogP contribution is 2.31. The predicted octanol–water partition coefficient (Wildman–Crippen LogP) is 2.91. The minimum Gasteiger partial charge on any atom is -0.481 e. The zero-order chi connectivity index (χ0) is 17.9. The van der Waals surface area contributed by atoms with E-state index in [9.17, 15) is 22.8 Å². The van der Waals surface area contributed by atoms with E-state index < -0.39 is 23.7 Å². The Morgan fingerprint density at radius 3 is 2.33 bits per heavy atom. The lowest BCUT2D eigenvalue weighted by atomic mass is 10.1. The van der Waals surface area contributed by atoms with Gasteiger partial charge in [0, 0.05) is 19.2 Å². The van der Waals surface area contributed by atoms with Crippen LogP contribution in [0.5, 0.6) is 0 Å². The molecular weight excluding hydrogens is 327 g/mol. The Hall–Kier alpha value is -2.84. The highest BCUT2D eigenvalue weighted by Gasteiger charge is 2.34. The van der Waals surface area contributed by atoms with E-state index in [0.717, 1.165) is 10.7 Å². The van der Waals surface area contributed by atoms with Gasteiger partial charge in [0.15, 0.2) is 5.69 Å². The molecule has 1 heterocycles. The zero-order valence-corrected chi connectivity index (χ0v) is 12.6. The minimum absolute atomic E-state index is 0.159. The Morgan fingerprint density at radius 1 is 1.21 bits per heavy atom. The molecule has 0 fully saturated rings. The first-order valence-corrected chi connectivity index (χ1v) is 6.90. The van der Waals surface area contributed by atoms with Gasteiger partial charge in [-0.2, -0.15) is 18.3 Å². The number of halogens is 3. The highest BCUT2D eigenvalue weighted by molar-refractivity contribution is 5.92. The van der Waals surface area contributed by atoms with E-state index in [0.29, 0.717) is 11.3 Å². The lowest BCUT2D eigenvalue weighted by molar-refractivity contribution is -0.141. The summed E-state index contributed by atoms with van der Waals surface area (Å²) in [4.78, 5) is 21.9. The summed E-state index contributed by atoms with van der Waals surface area (Å²) < 4.78 is 39.1. The van der Waals surface area contributed by atoms with E-state index in [1.54, 1.807) is 12.1 Å². The molecule has 1 aromatic heterocycles. The second-order valence-electron chi connectivity index (χ2n) is 5.06. The number of carbonyl (C=O) groups is 2. The molecule has 0 aliphatic carbocycles. The maximum atomic E-state index is 12.7. The fourth-order valence-electron chi connectivity index (χ4n) is 2.04. The van der Waals surface area contributed by atoms with Crippen LogP contribution in [0, 0.1) is 0 Å². The molecular formula is C15H14F3N3O3. The first-order chi connectivity index (χ1) is 11.2. The van der Waals surface area contributed by atoms with Gasteiger partial charge in [0.25, 0.3) is 0 Å². The maximum absolute atomic E-state index is 12.7. The SMILES string of the molecule is Cn1nc(C(F)(F)F)cc1-c1ccc(NC(=O)CCC(=O)O)cc1. The quantitative estimate of drug-likeness (QED) is 0.876. The Morgan fingerprint density at radius 2 is 1.83 bits per heavy atom. The number of aliphatic carboxylic acids is 1. The van der Waals surface area contributed by atoms with Crippen LogP contribution in [0.4, 0.5) is 18.9 Å². The van der Waals surface area contributed by atoms with Crippen molar-refractivity contribution in [2.45, 2.75) is 19.0 Å². The summed E-state index contributed by atoms with van der Waals surface area (Å²) in [6, 6.07) is 7.08. The molecule has 0 saturated heterocycles. The second kappa shape index (κ2) is 6.73. The van der Waals surface area contributed by atoms with Gasteiger partial charge in [0.2, 0.25) is 5.91 Å². The number of alkyl halides is 3. The van der Waals surface area contributed by atoms with Crippen molar-refractivity contribution in [3.8, 4) is 11.3 Å². The molecule has 128 valence electrons. The smallest absolute Gasteiger partial charge is 0.435 e. The van der Waals surface area contributed by atoms with Crippen molar-refractivity contribution in [3.63, 3.8) is 0 Å². The number of amides is 1. The van der Waals surface area contributed by atoms with Crippen molar-refractivity contribution in [1.82, 2.24) is 9.78 Å². The van der Waals surface area contributed by atoms with Crippen LogP contribution in [-0.2, 0) is 22.8 Å². The molecule has 2 N–H and O–H groups in total. The maximum Gasteiger partial charge on any atom is 0.435 e. The molecule has 9 heteroatoms. The summed E-state index contributed by atoms with van der Waals surface area (Å²) >= 11 is 0. The van der Waals surface area contributed by atoms with Crippen LogP contribution in [-0.4, -0.2) is 26.8 Å². The number of carbonyl (C=O) groups excluding carboxylic acids is 1. The Kier molecular flexibility index (Phi) is 4.91. The van der Waals surface area contributed by atoms with E-state index in [1.807, 2.05) is 0 Å². The van der Waals surface area contributed by atoms with Crippen LogP contribution in [0.25, 0.3) is 11.3 Å². The van der Waals surface area contributed by atoms with Gasteiger partial charge in [0.1, 0.15) is 0 Å². The highest BCUT2D eigenvalue weighted by atomic mass is 19.4. The lowest BCUT2D eigenvalue weighted by Gasteiger charge is -2.06. The average molecular weight is 341 g/mol. The third-order valence-electron chi connectivity index (χ3n) is 3.20. The van der Waals surface area contributed by atoms with Crippen molar-refractivity contribution in [2.24, 2.45) is 7.05 Å². The molecule has 1 aromatic carbocycles. The van der Waals surface area contributed by atoms with E-state index in [1.165, 1.54) is 19.2 Å². The van der Waals surface area contributed by atoms with E-state index in [2.05, 4.69) is 10.4 Å². The summed E-state index contributed by atoms with van der Waals surface area (Å²) in [5.41, 5.74) is 0.230. The average Bonchev–Trinajstić information content (AvgIpc) is 2.88. The molecule has 2 aromatic rings. The summed E-state index contributed by atoms with van der Waals surface area (Å²) in [7, 11) is 1.41. The number of anilines is 1. The first kappa shape index (κ1) is 17.5. The number of nitrogens with zero attached hydrogens (tertiary/aromatic N) is 2. The number of carboxylic acids is 1. The van der Waals surface area contributed by atoms with Gasteiger partial charge < -0.3 is 10.4 Å². The van der Waals surface area contributed by atoms with Crippen LogP contribution >= 0.6 is 0 Å². The molecule has 2 rings (SSSR count). The summed E-state index contributed by atoms with van der Waals surface area (Å²) in [5.74, 6) is -1.53. The number of benzene rings is 1. The monoisotopic (exact) mass is 341 g/mol. The molecule has 0 radical (unpaired) electrons. The van der Waals surface area contributed by atoms with Crippen molar-refractivity contribution in [3.05, 3.63) is 36.0 Å². The minimum atomic E-state index is -4.52. The molecule has 0 spiro atoms. The second-order valence-corrected chi connectivity index (χ2v) is 5.06. The topological polar surface area (TPSA) is 84.2 Å². The van der Waals surface area contributed by atoms with Crippen LogP contribution in [0.2, 0.25) is 0 Å². The molecule has 1 amide bonds. The molecule has 0 aliphatic heterocycles. The van der Waals surface area contributed by atoms with E-state index in [4.69, 9.17) is 5.11 Å². The first-order valence-electron chi connectivity index (χ1n) is 6.90. The summed E-state index contributed by atoms with van der Waals surface area (Å²) in [5, 5.41) is 14.5. The zero-order valence-electron chi connectivity index (χ0n) is 12.6. The van der Waals surface area contributed by atoms with Gasteiger partial charge >= 0.3 is 12.1 Å². The fraction of sp³-hybridized carbons (Fsp3) is 0.267. The number of aryl methyl sites for hydroxylation is 1. The van der Waals surface area contributed by atoms with Gasteiger partial charge in [-0.3, -0.25) is 14.3 Å². The Bertz CT molecular complexity index is 752. The van der Waals surface area contributed by atoms with Gasteiger partial charge in [-0.05, 0) is 23.8 Å². The van der Waals surface area contributed by atoms with Crippen LogP contribution < -0.4 is 5.32 Å². The molecule has 6 nitrogen and oxygen atoms in total. The normalized spacial score (nSPS) is 11.3. The number of rotatable bonds is 5. The van der Waals surface area contributed by atoms with Gasteiger partial charge in [-0.15, -0.1) is 0 Å². The van der Waals surface area contributed by atoms with E-state index >= 15 is 0 Å². The Labute approximate surface area is 134 Å².